The molecule has 6 aliphatic rings. The van der Waals surface area contributed by atoms with Gasteiger partial charge in [0.1, 0.15) is 24.2 Å². The summed E-state index contributed by atoms with van der Waals surface area (Å²) in [7, 11) is 3.43. The van der Waals surface area contributed by atoms with Crippen molar-refractivity contribution >= 4 is 47.3 Å². The molecule has 18 heteroatoms. The number of likely N-dealkylation sites (tertiary alicyclic amines) is 2. The molecule has 422 valence electrons. The van der Waals surface area contributed by atoms with Gasteiger partial charge in [0, 0.05) is 49.4 Å². The smallest absolute Gasteiger partial charge is 0.251 e. The summed E-state index contributed by atoms with van der Waals surface area (Å²) in [6.45, 7) is 4.75. The average molecular weight is 1060 g/mol. The molecule has 8 N–H and O–H groups in total. The zero-order valence-corrected chi connectivity index (χ0v) is 46.2. The highest BCUT2D eigenvalue weighted by molar-refractivity contribution is 6.00. The van der Waals surface area contributed by atoms with E-state index in [0.29, 0.717) is 49.9 Å². The molecule has 18 nitrogen and oxygen atoms in total. The molecular formula is C58H92N10O8. The van der Waals surface area contributed by atoms with Crippen molar-refractivity contribution in [2.24, 2.45) is 23.7 Å². The fourth-order valence-corrected chi connectivity index (χ4v) is 13.2. The highest BCUT2D eigenvalue weighted by Gasteiger charge is 2.44. The maximum atomic E-state index is 14.4. The van der Waals surface area contributed by atoms with Gasteiger partial charge in [0.05, 0.1) is 12.1 Å². The first-order valence-electron chi connectivity index (χ1n) is 29.6. The number of nitrogens with zero attached hydrogens (tertiary/aromatic N) is 2. The van der Waals surface area contributed by atoms with E-state index >= 15 is 0 Å². The van der Waals surface area contributed by atoms with Crippen LogP contribution in [-0.2, 0) is 28.8 Å². The summed E-state index contributed by atoms with van der Waals surface area (Å²) in [5.41, 5.74) is 0.590. The number of likely N-dealkylation sites (N-methyl/N-ethyl adjacent to an activating group) is 2. The van der Waals surface area contributed by atoms with Crippen LogP contribution < -0.4 is 42.5 Å². The van der Waals surface area contributed by atoms with E-state index in [9.17, 15) is 38.4 Å². The second kappa shape index (κ2) is 29.0. The van der Waals surface area contributed by atoms with Gasteiger partial charge in [-0.05, 0) is 147 Å². The van der Waals surface area contributed by atoms with Crippen LogP contribution in [0.25, 0.3) is 0 Å². The van der Waals surface area contributed by atoms with Crippen molar-refractivity contribution < 1.29 is 38.4 Å². The topological polar surface area (TPSA) is 239 Å². The number of nitrogens with one attached hydrogen (secondary N) is 8. The average Bonchev–Trinajstić information content (AvgIpc) is 4.18. The molecule has 4 saturated carbocycles. The van der Waals surface area contributed by atoms with E-state index in [4.69, 9.17) is 0 Å². The zero-order valence-electron chi connectivity index (χ0n) is 46.2. The summed E-state index contributed by atoms with van der Waals surface area (Å²) < 4.78 is 0. The molecule has 2 unspecified atom stereocenters. The lowest BCUT2D eigenvalue weighted by Gasteiger charge is -2.36. The number of rotatable bonds is 22. The predicted octanol–water partition coefficient (Wildman–Crippen LogP) is 4.60. The molecule has 8 amide bonds. The van der Waals surface area contributed by atoms with Crippen LogP contribution in [0.5, 0.6) is 0 Å². The third-order valence-corrected chi connectivity index (χ3v) is 18.1. The molecule has 76 heavy (non-hydrogen) atoms. The van der Waals surface area contributed by atoms with Gasteiger partial charge in [-0.3, -0.25) is 38.4 Å². The lowest BCUT2D eigenvalue weighted by Crippen LogP contribution is -2.59. The molecule has 0 bridgehead atoms. The van der Waals surface area contributed by atoms with Gasteiger partial charge in [-0.25, -0.2) is 0 Å². The SMILES string of the molecule is CN[C@@H](C)C(=O)NC(C(=O)N1CCC[C@H]1C(=O)NC(CNC(=O)c1cccc(C(=O)NC[C@@H](NC(=O)[C@@H]2CCCN2C(=O)[C@@H](NC(=O)[C@H](C)NC)C2CCCCC2)C2CCCCC2)c1)C1CCCCC1)C1CCCCC1. The monoisotopic (exact) mass is 1060 g/mol. The minimum Gasteiger partial charge on any atom is -0.350 e. The molecule has 8 atom stereocenters. The Hall–Kier alpha value is -5.10. The van der Waals surface area contributed by atoms with Crippen molar-refractivity contribution in [2.45, 2.75) is 216 Å². The second-order valence-corrected chi connectivity index (χ2v) is 23.2. The largest absolute Gasteiger partial charge is 0.350 e. The Morgan fingerprint density at radius 1 is 0.461 bits per heavy atom. The number of benzene rings is 1. The first kappa shape index (κ1) is 58.6. The van der Waals surface area contributed by atoms with E-state index in [0.717, 1.165) is 128 Å². The molecule has 2 aliphatic heterocycles. The van der Waals surface area contributed by atoms with Gasteiger partial charge in [-0.2, -0.15) is 0 Å². The molecule has 1 aromatic carbocycles. The van der Waals surface area contributed by atoms with Crippen LogP contribution in [-0.4, -0.2) is 146 Å². The van der Waals surface area contributed by atoms with E-state index in [-0.39, 0.29) is 96.1 Å². The predicted molar refractivity (Wildman–Crippen MR) is 292 cm³/mol. The standard InChI is InChI=1S/C58H92N10O8/c1-37(59-3)51(69)65-49(41-24-13-7-14-25-41)57(75)67-32-18-30-47(67)55(73)63-45(39-20-9-5-10-21-39)35-61-53(71)43-28-17-29-44(34-43)54(72)62-36-46(40-22-11-6-12-23-40)64-56(74)48-31-19-33-68(48)58(76)50(42-26-15-8-16-27-42)66-52(70)38(2)60-4/h17,28-29,34,37-42,45-50,59-60H,5-16,18-27,30-33,35-36H2,1-4H3,(H,61,71)(H,62,72)(H,63,73)(H,64,74)(H,65,69)(H,66,70)/t37-,38-,45+,46?,47-,48-,49-,50?/m0/s1. The Balaban J connectivity index is 0.974. The molecule has 0 spiro atoms. The van der Waals surface area contributed by atoms with Crippen LogP contribution in [0, 0.1) is 23.7 Å². The van der Waals surface area contributed by atoms with E-state index in [1.807, 2.05) is 0 Å². The van der Waals surface area contributed by atoms with Crippen molar-refractivity contribution in [3.05, 3.63) is 35.4 Å². The van der Waals surface area contributed by atoms with Gasteiger partial charge in [0.25, 0.3) is 11.8 Å². The van der Waals surface area contributed by atoms with Crippen LogP contribution in [0.4, 0.5) is 0 Å². The maximum absolute atomic E-state index is 14.4. The van der Waals surface area contributed by atoms with Gasteiger partial charge >= 0.3 is 0 Å². The van der Waals surface area contributed by atoms with Crippen molar-refractivity contribution in [3.8, 4) is 0 Å². The van der Waals surface area contributed by atoms with E-state index in [1.54, 1.807) is 62.0 Å². The minimum atomic E-state index is -0.700. The van der Waals surface area contributed by atoms with Crippen molar-refractivity contribution in [1.82, 2.24) is 52.3 Å². The number of amides is 8. The van der Waals surface area contributed by atoms with Gasteiger partial charge in [-0.15, -0.1) is 0 Å². The molecule has 7 rings (SSSR count). The number of hydrogen-bond acceptors (Lipinski definition) is 10. The van der Waals surface area contributed by atoms with Crippen LogP contribution in [0.1, 0.15) is 189 Å². The lowest BCUT2D eigenvalue weighted by atomic mass is 9.83. The molecule has 2 saturated heterocycles. The number of carbonyl (C=O) groups is 8. The minimum absolute atomic E-state index is 0.00718. The zero-order chi connectivity index (χ0) is 54.1. The van der Waals surface area contributed by atoms with Gasteiger partial charge < -0.3 is 52.3 Å². The fourth-order valence-electron chi connectivity index (χ4n) is 13.2. The number of hydrogen-bond donors (Lipinski definition) is 8. The Bertz CT molecular complexity index is 1990. The molecule has 6 fully saturated rings. The second-order valence-electron chi connectivity index (χ2n) is 23.2. The highest BCUT2D eigenvalue weighted by Crippen LogP contribution is 2.33. The Morgan fingerprint density at radius 2 is 0.803 bits per heavy atom. The normalized spacial score (nSPS) is 23.5. The quantitative estimate of drug-likeness (QED) is 0.0803. The van der Waals surface area contributed by atoms with Crippen LogP contribution in [0.2, 0.25) is 0 Å². The third-order valence-electron chi connectivity index (χ3n) is 18.1. The van der Waals surface area contributed by atoms with E-state index < -0.39 is 36.3 Å². The van der Waals surface area contributed by atoms with Gasteiger partial charge in [0.15, 0.2) is 0 Å². The first-order chi connectivity index (χ1) is 36.8. The molecular weight excluding hydrogens is 965 g/mol. The number of carbonyl (C=O) groups excluding carboxylic acids is 8. The summed E-state index contributed by atoms with van der Waals surface area (Å²) in [4.78, 5) is 115. The molecule has 2 heterocycles. The van der Waals surface area contributed by atoms with Crippen LogP contribution in [0.15, 0.2) is 24.3 Å². The molecule has 4 aliphatic carbocycles. The van der Waals surface area contributed by atoms with Gasteiger partial charge in [-0.1, -0.05) is 83.1 Å². The highest BCUT2D eigenvalue weighted by atomic mass is 16.2. The molecule has 0 radical (unpaired) electrons. The van der Waals surface area contributed by atoms with E-state index in [1.165, 1.54) is 0 Å². The van der Waals surface area contributed by atoms with Crippen molar-refractivity contribution in [3.63, 3.8) is 0 Å². The van der Waals surface area contributed by atoms with Crippen molar-refractivity contribution in [2.75, 3.05) is 40.3 Å². The summed E-state index contributed by atoms with van der Waals surface area (Å²) in [6.07, 6.45) is 21.9. The third kappa shape index (κ3) is 15.6. The van der Waals surface area contributed by atoms with Crippen LogP contribution >= 0.6 is 0 Å². The Kier molecular flexibility index (Phi) is 22.4. The van der Waals surface area contributed by atoms with Crippen LogP contribution in [0.3, 0.4) is 0 Å². The van der Waals surface area contributed by atoms with E-state index in [2.05, 4.69) is 42.5 Å². The van der Waals surface area contributed by atoms with Crippen molar-refractivity contribution in [1.29, 1.82) is 0 Å². The van der Waals surface area contributed by atoms with Gasteiger partial charge in [0.2, 0.25) is 35.4 Å². The first-order valence-corrected chi connectivity index (χ1v) is 29.6. The Labute approximate surface area is 452 Å². The summed E-state index contributed by atoms with van der Waals surface area (Å²) in [5, 5.41) is 24.8. The Morgan fingerprint density at radius 3 is 1.14 bits per heavy atom. The summed E-state index contributed by atoms with van der Waals surface area (Å²) >= 11 is 0. The summed E-state index contributed by atoms with van der Waals surface area (Å²) in [5.74, 6) is -1.84. The molecule has 1 aromatic rings. The molecule has 0 aromatic heterocycles. The maximum Gasteiger partial charge on any atom is 0.251 e. The lowest BCUT2D eigenvalue weighted by molar-refractivity contribution is -0.143. The fraction of sp³-hybridized carbons (Fsp3) is 0.759. The summed E-state index contributed by atoms with van der Waals surface area (Å²) in [6, 6.07) is 2.10.